The van der Waals surface area contributed by atoms with Crippen LogP contribution in [0, 0.1) is 0 Å². The minimum absolute atomic E-state index is 0.187. The predicted octanol–water partition coefficient (Wildman–Crippen LogP) is 4.50. The first-order valence-corrected chi connectivity index (χ1v) is 9.98. The Morgan fingerprint density at radius 1 is 1.06 bits per heavy atom. The van der Waals surface area contributed by atoms with E-state index < -0.39 is 5.97 Å². The fourth-order valence-electron chi connectivity index (χ4n) is 2.71. The van der Waals surface area contributed by atoms with Crippen molar-refractivity contribution in [3.05, 3.63) is 93.5 Å². The summed E-state index contributed by atoms with van der Waals surface area (Å²) >= 11 is 3.33. The number of benzene rings is 3. The number of rotatable bonds is 8. The summed E-state index contributed by atoms with van der Waals surface area (Å²) < 4.78 is 11.8. The van der Waals surface area contributed by atoms with Gasteiger partial charge in [-0.1, -0.05) is 24.3 Å². The first-order valence-electron chi connectivity index (χ1n) is 9.19. The Morgan fingerprint density at radius 2 is 1.87 bits per heavy atom. The van der Waals surface area contributed by atoms with Crippen LogP contribution >= 0.6 is 15.9 Å². The number of hydrogen-bond donors (Lipinski definition) is 2. The molecule has 3 aromatic rings. The van der Waals surface area contributed by atoms with Gasteiger partial charge in [0.25, 0.3) is 5.91 Å². The van der Waals surface area contributed by atoms with E-state index in [0.717, 1.165) is 5.56 Å². The summed E-state index contributed by atoms with van der Waals surface area (Å²) in [5.41, 5.74) is 4.58. The Morgan fingerprint density at radius 3 is 2.61 bits per heavy atom. The van der Waals surface area contributed by atoms with Crippen LogP contribution < -0.4 is 14.9 Å². The van der Waals surface area contributed by atoms with Crippen LogP contribution in [0.5, 0.6) is 11.5 Å². The lowest BCUT2D eigenvalue weighted by atomic mass is 10.1. The number of aromatic carboxylic acids is 1. The molecule has 8 heteroatoms. The molecule has 0 bridgehead atoms. The van der Waals surface area contributed by atoms with E-state index in [-0.39, 0.29) is 18.1 Å². The van der Waals surface area contributed by atoms with Gasteiger partial charge in [0.15, 0.2) is 11.5 Å². The lowest BCUT2D eigenvalue weighted by Gasteiger charge is -2.11. The van der Waals surface area contributed by atoms with Crippen molar-refractivity contribution in [3.8, 4) is 11.5 Å². The minimum atomic E-state index is -0.991. The Kier molecular flexibility index (Phi) is 7.40. The summed E-state index contributed by atoms with van der Waals surface area (Å²) in [6.45, 7) is 0.187. The second-order valence-electron chi connectivity index (χ2n) is 6.38. The normalized spacial score (nSPS) is 10.6. The summed E-state index contributed by atoms with van der Waals surface area (Å²) in [6.07, 6.45) is 1.50. The molecule has 158 valence electrons. The van der Waals surface area contributed by atoms with E-state index in [4.69, 9.17) is 14.6 Å². The number of nitrogens with zero attached hydrogens (tertiary/aromatic N) is 1. The fourth-order valence-corrected chi connectivity index (χ4v) is 3.17. The molecule has 0 heterocycles. The zero-order chi connectivity index (χ0) is 22.2. The SMILES string of the molecule is COc1cc(/C=N/NC(=O)c2ccccc2Br)ccc1OCc1cccc(C(=O)O)c1. The number of halogens is 1. The van der Waals surface area contributed by atoms with Crippen LogP contribution in [-0.2, 0) is 6.61 Å². The zero-order valence-corrected chi connectivity index (χ0v) is 18.1. The average Bonchev–Trinajstić information content (AvgIpc) is 2.78. The maximum atomic E-state index is 12.2. The van der Waals surface area contributed by atoms with Crippen molar-refractivity contribution in [2.45, 2.75) is 6.61 Å². The molecule has 0 unspecified atom stereocenters. The molecule has 0 saturated carbocycles. The van der Waals surface area contributed by atoms with Crippen molar-refractivity contribution >= 4 is 34.0 Å². The molecule has 3 rings (SSSR count). The van der Waals surface area contributed by atoms with E-state index in [0.29, 0.717) is 27.1 Å². The molecule has 1 amide bonds. The Hall–Kier alpha value is -3.65. The second kappa shape index (κ2) is 10.4. The van der Waals surface area contributed by atoms with Crippen molar-refractivity contribution < 1.29 is 24.2 Å². The number of carbonyl (C=O) groups is 2. The monoisotopic (exact) mass is 482 g/mol. The number of carboxylic acid groups (broad SMARTS) is 1. The van der Waals surface area contributed by atoms with Crippen LogP contribution in [-0.4, -0.2) is 30.3 Å². The maximum absolute atomic E-state index is 12.2. The Labute approximate surface area is 187 Å². The van der Waals surface area contributed by atoms with Crippen molar-refractivity contribution in [3.63, 3.8) is 0 Å². The van der Waals surface area contributed by atoms with Gasteiger partial charge in [0, 0.05) is 4.47 Å². The third-order valence-electron chi connectivity index (χ3n) is 4.25. The van der Waals surface area contributed by atoms with E-state index in [9.17, 15) is 9.59 Å². The van der Waals surface area contributed by atoms with Crippen LogP contribution in [0.15, 0.2) is 76.3 Å². The third kappa shape index (κ3) is 5.93. The van der Waals surface area contributed by atoms with Gasteiger partial charge in [0.1, 0.15) is 6.61 Å². The van der Waals surface area contributed by atoms with Crippen molar-refractivity contribution in [2.24, 2.45) is 5.10 Å². The third-order valence-corrected chi connectivity index (χ3v) is 4.95. The van der Waals surface area contributed by atoms with E-state index in [2.05, 4.69) is 26.5 Å². The Balaban J connectivity index is 1.65. The van der Waals surface area contributed by atoms with Crippen LogP contribution in [0.3, 0.4) is 0 Å². The highest BCUT2D eigenvalue weighted by molar-refractivity contribution is 9.10. The van der Waals surface area contributed by atoms with Gasteiger partial charge in [0.05, 0.1) is 24.5 Å². The van der Waals surface area contributed by atoms with E-state index >= 15 is 0 Å². The summed E-state index contributed by atoms with van der Waals surface area (Å²) in [4.78, 5) is 23.3. The number of carboxylic acids is 1. The van der Waals surface area contributed by atoms with Crippen LogP contribution in [0.4, 0.5) is 0 Å². The lowest BCUT2D eigenvalue weighted by Crippen LogP contribution is -2.18. The molecule has 31 heavy (non-hydrogen) atoms. The lowest BCUT2D eigenvalue weighted by molar-refractivity contribution is 0.0696. The quantitative estimate of drug-likeness (QED) is 0.363. The molecular formula is C23H19BrN2O5. The molecular weight excluding hydrogens is 464 g/mol. The molecule has 0 aromatic heterocycles. The Bertz CT molecular complexity index is 1130. The molecule has 0 saturated heterocycles. The highest BCUT2D eigenvalue weighted by Crippen LogP contribution is 2.28. The standard InChI is InChI=1S/C23H19BrN2O5/c1-30-21-12-15(13-25-26-22(27)18-7-2-3-8-19(18)24)9-10-20(21)31-14-16-5-4-6-17(11-16)23(28)29/h2-13H,14H2,1H3,(H,26,27)(H,28,29)/b25-13+. The number of amides is 1. The number of methoxy groups -OCH3 is 1. The van der Waals surface area contributed by atoms with E-state index in [1.807, 2.05) is 6.07 Å². The number of hydrogen-bond acceptors (Lipinski definition) is 5. The first kappa shape index (κ1) is 22.0. The van der Waals surface area contributed by atoms with Crippen LogP contribution in [0.2, 0.25) is 0 Å². The molecule has 0 aliphatic carbocycles. The molecule has 0 fully saturated rings. The molecule has 2 N–H and O–H groups in total. The molecule has 0 spiro atoms. The average molecular weight is 483 g/mol. The van der Waals surface area contributed by atoms with Gasteiger partial charge in [-0.05, 0) is 69.5 Å². The summed E-state index contributed by atoms with van der Waals surface area (Å²) in [5, 5.41) is 13.1. The molecule has 0 atom stereocenters. The molecule has 0 aliphatic rings. The zero-order valence-electron chi connectivity index (χ0n) is 16.5. The summed E-state index contributed by atoms with van der Waals surface area (Å²) in [5.74, 6) is -0.345. The van der Waals surface area contributed by atoms with E-state index in [1.54, 1.807) is 54.6 Å². The van der Waals surface area contributed by atoms with Gasteiger partial charge < -0.3 is 14.6 Å². The van der Waals surface area contributed by atoms with Gasteiger partial charge in [0.2, 0.25) is 0 Å². The van der Waals surface area contributed by atoms with Gasteiger partial charge in [-0.15, -0.1) is 0 Å². The second-order valence-corrected chi connectivity index (χ2v) is 7.24. The van der Waals surface area contributed by atoms with Crippen molar-refractivity contribution in [2.75, 3.05) is 7.11 Å². The predicted molar refractivity (Wildman–Crippen MR) is 120 cm³/mol. The van der Waals surface area contributed by atoms with Gasteiger partial charge in [-0.3, -0.25) is 4.79 Å². The topological polar surface area (TPSA) is 97.2 Å². The van der Waals surface area contributed by atoms with Gasteiger partial charge in [-0.2, -0.15) is 5.10 Å². The number of nitrogens with one attached hydrogen (secondary N) is 1. The molecule has 7 nitrogen and oxygen atoms in total. The summed E-state index contributed by atoms with van der Waals surface area (Å²) in [6, 6.07) is 18.8. The largest absolute Gasteiger partial charge is 0.493 e. The highest BCUT2D eigenvalue weighted by Gasteiger charge is 2.09. The fraction of sp³-hybridized carbons (Fsp3) is 0.0870. The van der Waals surface area contributed by atoms with Crippen molar-refractivity contribution in [1.29, 1.82) is 0 Å². The summed E-state index contributed by atoms with van der Waals surface area (Å²) in [7, 11) is 1.52. The first-order chi connectivity index (χ1) is 15.0. The number of carbonyl (C=O) groups excluding carboxylic acids is 1. The smallest absolute Gasteiger partial charge is 0.335 e. The van der Waals surface area contributed by atoms with Crippen molar-refractivity contribution in [1.82, 2.24) is 5.43 Å². The molecule has 0 radical (unpaired) electrons. The van der Waals surface area contributed by atoms with Gasteiger partial charge >= 0.3 is 5.97 Å². The van der Waals surface area contributed by atoms with E-state index in [1.165, 1.54) is 19.4 Å². The number of ether oxygens (including phenoxy) is 2. The minimum Gasteiger partial charge on any atom is -0.493 e. The molecule has 3 aromatic carbocycles. The van der Waals surface area contributed by atoms with Crippen LogP contribution in [0.1, 0.15) is 31.8 Å². The number of hydrazone groups is 1. The molecule has 0 aliphatic heterocycles. The maximum Gasteiger partial charge on any atom is 0.335 e. The van der Waals surface area contributed by atoms with Crippen LogP contribution in [0.25, 0.3) is 0 Å². The van der Waals surface area contributed by atoms with Gasteiger partial charge in [-0.25, -0.2) is 10.2 Å². The highest BCUT2D eigenvalue weighted by atomic mass is 79.9.